The van der Waals surface area contributed by atoms with E-state index in [1.165, 1.54) is 10.9 Å². The third-order valence-electron chi connectivity index (χ3n) is 4.59. The molecule has 0 aliphatic rings. The van der Waals surface area contributed by atoms with Gasteiger partial charge in [0.2, 0.25) is 5.95 Å². The van der Waals surface area contributed by atoms with Gasteiger partial charge in [-0.15, -0.1) is 0 Å². The normalized spacial score (nSPS) is 10.9. The Kier molecular flexibility index (Phi) is 4.59. The SMILES string of the molecule is Cc1cccc(C(=O)Nc2cc(-c3ccco3)nn2-c2nc(C)c(C)c(=O)[nH]2)c1. The number of hydrogen-bond donors (Lipinski definition) is 2. The summed E-state index contributed by atoms with van der Waals surface area (Å²) in [6.45, 7) is 5.36. The molecule has 0 spiro atoms. The molecule has 4 rings (SSSR count). The van der Waals surface area contributed by atoms with Crippen LogP contribution in [0.15, 0.2) is 57.9 Å². The summed E-state index contributed by atoms with van der Waals surface area (Å²) in [5.74, 6) is 0.790. The Bertz CT molecular complexity index is 1250. The van der Waals surface area contributed by atoms with Crippen molar-refractivity contribution in [3.63, 3.8) is 0 Å². The Labute approximate surface area is 166 Å². The zero-order valence-corrected chi connectivity index (χ0v) is 16.2. The summed E-state index contributed by atoms with van der Waals surface area (Å²) in [6.07, 6.45) is 1.54. The molecule has 0 saturated heterocycles. The molecule has 3 aromatic heterocycles. The van der Waals surface area contributed by atoms with Crippen LogP contribution in [-0.2, 0) is 0 Å². The molecule has 0 fully saturated rings. The molecule has 0 unspecified atom stereocenters. The third kappa shape index (κ3) is 3.60. The molecule has 4 aromatic rings. The summed E-state index contributed by atoms with van der Waals surface area (Å²) >= 11 is 0. The van der Waals surface area contributed by atoms with Crippen LogP contribution < -0.4 is 10.9 Å². The lowest BCUT2D eigenvalue weighted by Crippen LogP contribution is -2.20. The van der Waals surface area contributed by atoms with Crippen LogP contribution in [-0.4, -0.2) is 25.7 Å². The number of nitrogens with zero attached hydrogens (tertiary/aromatic N) is 3. The number of aryl methyl sites for hydroxylation is 2. The van der Waals surface area contributed by atoms with Gasteiger partial charge in [-0.1, -0.05) is 17.7 Å². The number of aromatic nitrogens is 4. The van der Waals surface area contributed by atoms with E-state index in [9.17, 15) is 9.59 Å². The van der Waals surface area contributed by atoms with Gasteiger partial charge in [-0.2, -0.15) is 9.78 Å². The van der Waals surface area contributed by atoms with Crippen molar-refractivity contribution in [2.24, 2.45) is 0 Å². The number of carbonyl (C=O) groups is 1. The number of H-pyrrole nitrogens is 1. The maximum absolute atomic E-state index is 12.8. The summed E-state index contributed by atoms with van der Waals surface area (Å²) in [4.78, 5) is 32.1. The molecule has 0 aliphatic carbocycles. The highest BCUT2D eigenvalue weighted by Crippen LogP contribution is 2.24. The summed E-state index contributed by atoms with van der Waals surface area (Å²) in [5, 5.41) is 7.32. The predicted molar refractivity (Wildman–Crippen MR) is 108 cm³/mol. The van der Waals surface area contributed by atoms with Gasteiger partial charge in [0, 0.05) is 22.9 Å². The molecule has 8 heteroatoms. The van der Waals surface area contributed by atoms with Crippen molar-refractivity contribution in [3.05, 3.63) is 81.5 Å². The second-order valence-electron chi connectivity index (χ2n) is 6.73. The van der Waals surface area contributed by atoms with E-state index in [2.05, 4.69) is 20.4 Å². The predicted octanol–water partition coefficient (Wildman–Crippen LogP) is 3.39. The standard InChI is InChI=1S/C21H19N5O3/c1-12-6-4-7-15(10-12)20(28)23-18-11-16(17-8-5-9-29-17)25-26(18)21-22-14(3)13(2)19(27)24-21/h4-11H,1-3H3,(H,23,28)(H,22,24,27). The first-order valence-corrected chi connectivity index (χ1v) is 9.02. The quantitative estimate of drug-likeness (QED) is 0.556. The van der Waals surface area contributed by atoms with Crippen LogP contribution in [0.2, 0.25) is 0 Å². The van der Waals surface area contributed by atoms with Crippen LogP contribution in [0, 0.1) is 20.8 Å². The minimum Gasteiger partial charge on any atom is -0.463 e. The maximum Gasteiger partial charge on any atom is 0.256 e. The first-order chi connectivity index (χ1) is 13.9. The van der Waals surface area contributed by atoms with Gasteiger partial charge in [0.25, 0.3) is 11.5 Å². The van der Waals surface area contributed by atoms with E-state index in [-0.39, 0.29) is 17.4 Å². The fourth-order valence-electron chi connectivity index (χ4n) is 2.88. The molecule has 0 bridgehead atoms. The van der Waals surface area contributed by atoms with Crippen LogP contribution in [0.25, 0.3) is 17.4 Å². The summed E-state index contributed by atoms with van der Waals surface area (Å²) in [6, 6.07) is 12.4. The van der Waals surface area contributed by atoms with Crippen molar-refractivity contribution in [1.29, 1.82) is 0 Å². The number of nitrogens with one attached hydrogen (secondary N) is 2. The number of benzene rings is 1. The number of anilines is 1. The van der Waals surface area contributed by atoms with Crippen molar-refractivity contribution in [2.45, 2.75) is 20.8 Å². The highest BCUT2D eigenvalue weighted by molar-refractivity contribution is 6.04. The largest absolute Gasteiger partial charge is 0.463 e. The Morgan fingerprint density at radius 3 is 2.66 bits per heavy atom. The van der Waals surface area contributed by atoms with Gasteiger partial charge in [0.05, 0.1) is 6.26 Å². The number of furan rings is 1. The van der Waals surface area contributed by atoms with E-state index in [0.29, 0.717) is 34.1 Å². The third-order valence-corrected chi connectivity index (χ3v) is 4.59. The second kappa shape index (κ2) is 7.23. The summed E-state index contributed by atoms with van der Waals surface area (Å²) in [5.41, 5.74) is 2.82. The maximum atomic E-state index is 12.8. The summed E-state index contributed by atoms with van der Waals surface area (Å²) < 4.78 is 6.80. The molecule has 2 N–H and O–H groups in total. The number of carbonyl (C=O) groups excluding carboxylic acids is 1. The van der Waals surface area contributed by atoms with Crippen molar-refractivity contribution in [1.82, 2.24) is 19.7 Å². The topological polar surface area (TPSA) is 106 Å². The average molecular weight is 389 g/mol. The van der Waals surface area contributed by atoms with Crippen LogP contribution in [0.1, 0.15) is 27.2 Å². The van der Waals surface area contributed by atoms with Crippen molar-refractivity contribution in [3.8, 4) is 17.4 Å². The molecule has 3 heterocycles. The highest BCUT2D eigenvalue weighted by atomic mass is 16.3. The Morgan fingerprint density at radius 1 is 1.14 bits per heavy atom. The first-order valence-electron chi connectivity index (χ1n) is 9.02. The zero-order chi connectivity index (χ0) is 20.5. The zero-order valence-electron chi connectivity index (χ0n) is 16.2. The van der Waals surface area contributed by atoms with Gasteiger partial charge >= 0.3 is 0 Å². The van der Waals surface area contributed by atoms with Gasteiger partial charge in [-0.3, -0.25) is 14.6 Å². The molecular formula is C21H19N5O3. The number of hydrogen-bond acceptors (Lipinski definition) is 5. The van der Waals surface area contributed by atoms with E-state index in [4.69, 9.17) is 4.42 Å². The lowest BCUT2D eigenvalue weighted by molar-refractivity contribution is 0.102. The molecule has 1 aromatic carbocycles. The van der Waals surface area contributed by atoms with Crippen LogP contribution in [0.5, 0.6) is 0 Å². The lowest BCUT2D eigenvalue weighted by atomic mass is 10.1. The molecular weight excluding hydrogens is 370 g/mol. The van der Waals surface area contributed by atoms with Gasteiger partial charge in [0.15, 0.2) is 5.76 Å². The van der Waals surface area contributed by atoms with Crippen molar-refractivity contribution < 1.29 is 9.21 Å². The second-order valence-corrected chi connectivity index (χ2v) is 6.73. The average Bonchev–Trinajstić information content (AvgIpc) is 3.35. The number of rotatable bonds is 4. The van der Waals surface area contributed by atoms with E-state index in [1.807, 2.05) is 19.1 Å². The molecule has 0 radical (unpaired) electrons. The molecule has 8 nitrogen and oxygen atoms in total. The van der Waals surface area contributed by atoms with E-state index in [0.717, 1.165) is 5.56 Å². The first kappa shape index (κ1) is 18.4. The monoisotopic (exact) mass is 389 g/mol. The Hall–Kier alpha value is -3.94. The van der Waals surface area contributed by atoms with Gasteiger partial charge in [-0.05, 0) is 45.0 Å². The Morgan fingerprint density at radius 2 is 1.97 bits per heavy atom. The molecule has 146 valence electrons. The molecule has 29 heavy (non-hydrogen) atoms. The van der Waals surface area contributed by atoms with Crippen LogP contribution in [0.4, 0.5) is 5.82 Å². The van der Waals surface area contributed by atoms with E-state index < -0.39 is 0 Å². The van der Waals surface area contributed by atoms with Gasteiger partial charge < -0.3 is 9.73 Å². The van der Waals surface area contributed by atoms with Crippen LogP contribution >= 0.6 is 0 Å². The van der Waals surface area contributed by atoms with Gasteiger partial charge in [0.1, 0.15) is 11.5 Å². The molecule has 1 amide bonds. The van der Waals surface area contributed by atoms with Crippen molar-refractivity contribution in [2.75, 3.05) is 5.32 Å². The Balaban J connectivity index is 1.80. The number of aromatic amines is 1. The van der Waals surface area contributed by atoms with E-state index in [1.54, 1.807) is 44.2 Å². The molecule has 0 aliphatic heterocycles. The van der Waals surface area contributed by atoms with E-state index >= 15 is 0 Å². The fraction of sp³-hybridized carbons (Fsp3) is 0.143. The molecule has 0 atom stereocenters. The fourth-order valence-corrected chi connectivity index (χ4v) is 2.88. The summed E-state index contributed by atoms with van der Waals surface area (Å²) in [7, 11) is 0. The minimum atomic E-state index is -0.299. The van der Waals surface area contributed by atoms with Crippen LogP contribution in [0.3, 0.4) is 0 Å². The smallest absolute Gasteiger partial charge is 0.256 e. The van der Waals surface area contributed by atoms with Gasteiger partial charge in [-0.25, -0.2) is 4.98 Å². The minimum absolute atomic E-state index is 0.204. The van der Waals surface area contributed by atoms with Crippen molar-refractivity contribution >= 4 is 11.7 Å². The number of amides is 1. The molecule has 0 saturated carbocycles. The highest BCUT2D eigenvalue weighted by Gasteiger charge is 2.18. The lowest BCUT2D eigenvalue weighted by Gasteiger charge is -2.09.